The van der Waals surface area contributed by atoms with Gasteiger partial charge in [-0.15, -0.1) is 0 Å². The van der Waals surface area contributed by atoms with Crippen molar-refractivity contribution in [2.75, 3.05) is 13.2 Å². The number of nitrogens with one attached hydrogen (secondary N) is 1. The third-order valence-corrected chi connectivity index (χ3v) is 5.19. The predicted octanol–water partition coefficient (Wildman–Crippen LogP) is 2.95. The van der Waals surface area contributed by atoms with Crippen LogP contribution in [0.4, 0.5) is 0 Å². The van der Waals surface area contributed by atoms with Gasteiger partial charge in [0.25, 0.3) is 0 Å². The van der Waals surface area contributed by atoms with Crippen LogP contribution in [-0.2, 0) is 10.0 Å². The van der Waals surface area contributed by atoms with Crippen LogP contribution in [0.25, 0.3) is 0 Å². The summed E-state index contributed by atoms with van der Waals surface area (Å²) in [7, 11) is -3.53. The summed E-state index contributed by atoms with van der Waals surface area (Å²) in [6.45, 7) is 7.17. The van der Waals surface area contributed by atoms with Crippen LogP contribution in [0.3, 0.4) is 0 Å². The minimum Gasteiger partial charge on any atom is -0.486 e. The average molecular weight is 327 g/mol. The van der Waals surface area contributed by atoms with Crippen LogP contribution in [0.5, 0.6) is 11.5 Å². The van der Waals surface area contributed by atoms with Crippen molar-refractivity contribution < 1.29 is 17.9 Å². The molecule has 0 aromatic heterocycles. The second kappa shape index (κ2) is 7.33. The molecule has 5 nitrogen and oxygen atoms in total. The number of hydrogen-bond acceptors (Lipinski definition) is 4. The highest BCUT2D eigenvalue weighted by Gasteiger charge is 2.21. The predicted molar refractivity (Wildman–Crippen MR) is 85.9 cm³/mol. The zero-order valence-electron chi connectivity index (χ0n) is 13.5. The quantitative estimate of drug-likeness (QED) is 0.836. The van der Waals surface area contributed by atoms with E-state index in [1.54, 1.807) is 12.1 Å². The van der Waals surface area contributed by atoms with Gasteiger partial charge >= 0.3 is 0 Å². The largest absolute Gasteiger partial charge is 0.486 e. The zero-order valence-corrected chi connectivity index (χ0v) is 14.3. The Hall–Kier alpha value is -1.27. The third-order valence-electron chi connectivity index (χ3n) is 3.60. The normalized spacial score (nSPS) is 15.8. The first-order chi connectivity index (χ1) is 10.4. The van der Waals surface area contributed by atoms with Crippen molar-refractivity contribution in [1.29, 1.82) is 0 Å². The first-order valence-electron chi connectivity index (χ1n) is 7.80. The summed E-state index contributed by atoms with van der Waals surface area (Å²) in [5.41, 5.74) is 0. The Kier molecular flexibility index (Phi) is 5.69. The molecule has 1 aliphatic rings. The fourth-order valence-corrected chi connectivity index (χ4v) is 3.71. The van der Waals surface area contributed by atoms with E-state index in [4.69, 9.17) is 9.47 Å². The van der Waals surface area contributed by atoms with Crippen molar-refractivity contribution >= 4 is 10.0 Å². The van der Waals surface area contributed by atoms with E-state index >= 15 is 0 Å². The zero-order chi connectivity index (χ0) is 16.2. The average Bonchev–Trinajstić information content (AvgIpc) is 2.45. The molecule has 124 valence electrons. The molecular weight excluding hydrogens is 302 g/mol. The minimum atomic E-state index is -3.53. The van der Waals surface area contributed by atoms with Crippen LogP contribution in [0.1, 0.15) is 40.0 Å². The van der Waals surface area contributed by atoms with Gasteiger partial charge in [-0.2, -0.15) is 0 Å². The molecule has 1 heterocycles. The van der Waals surface area contributed by atoms with Gasteiger partial charge in [-0.25, -0.2) is 13.1 Å². The van der Waals surface area contributed by atoms with E-state index in [9.17, 15) is 8.42 Å². The van der Waals surface area contributed by atoms with Gasteiger partial charge in [0, 0.05) is 12.1 Å². The van der Waals surface area contributed by atoms with E-state index < -0.39 is 10.0 Å². The maximum Gasteiger partial charge on any atom is 0.240 e. The van der Waals surface area contributed by atoms with Crippen molar-refractivity contribution in [1.82, 2.24) is 4.72 Å². The molecule has 0 radical (unpaired) electrons. The third kappa shape index (κ3) is 4.61. The van der Waals surface area contributed by atoms with Crippen LogP contribution in [0, 0.1) is 5.92 Å². The van der Waals surface area contributed by atoms with Crippen LogP contribution < -0.4 is 14.2 Å². The number of sulfonamides is 1. The lowest BCUT2D eigenvalue weighted by molar-refractivity contribution is 0.171. The van der Waals surface area contributed by atoms with Gasteiger partial charge in [0.2, 0.25) is 10.0 Å². The molecule has 1 atom stereocenters. The Morgan fingerprint density at radius 1 is 1.09 bits per heavy atom. The second-order valence-corrected chi connectivity index (χ2v) is 7.87. The summed E-state index contributed by atoms with van der Waals surface area (Å²) in [5, 5.41) is 0. The van der Waals surface area contributed by atoms with Crippen molar-refractivity contribution in [3.63, 3.8) is 0 Å². The molecule has 0 bridgehead atoms. The lowest BCUT2D eigenvalue weighted by Crippen LogP contribution is -2.32. The SMILES string of the molecule is CC(C)CCC[C@H](C)NS(=O)(=O)c1ccc2c(c1)OCCO2. The standard InChI is InChI=1S/C16H25NO4S/c1-12(2)5-4-6-13(3)17-22(18,19)14-7-8-15-16(11-14)21-10-9-20-15/h7-8,11-13,17H,4-6,9-10H2,1-3H3/t13-/m0/s1. The van der Waals surface area contributed by atoms with Gasteiger partial charge in [-0.1, -0.05) is 26.7 Å². The highest BCUT2D eigenvalue weighted by molar-refractivity contribution is 7.89. The topological polar surface area (TPSA) is 64.6 Å². The molecule has 1 aromatic rings. The van der Waals surface area contributed by atoms with Crippen molar-refractivity contribution in [2.45, 2.75) is 51.0 Å². The van der Waals surface area contributed by atoms with Crippen molar-refractivity contribution in [2.24, 2.45) is 5.92 Å². The van der Waals surface area contributed by atoms with Crippen molar-refractivity contribution in [3.8, 4) is 11.5 Å². The van der Waals surface area contributed by atoms with E-state index in [2.05, 4.69) is 18.6 Å². The summed E-state index contributed by atoms with van der Waals surface area (Å²) >= 11 is 0. The van der Waals surface area contributed by atoms with E-state index in [0.29, 0.717) is 30.6 Å². The number of rotatable bonds is 7. The van der Waals surface area contributed by atoms with Crippen LogP contribution >= 0.6 is 0 Å². The van der Waals surface area contributed by atoms with E-state index in [0.717, 1.165) is 19.3 Å². The molecule has 0 amide bonds. The van der Waals surface area contributed by atoms with Gasteiger partial charge in [0.15, 0.2) is 11.5 Å². The molecule has 0 unspecified atom stereocenters. The fourth-order valence-electron chi connectivity index (χ4n) is 2.41. The Labute approximate surface area is 133 Å². The maximum absolute atomic E-state index is 12.4. The molecule has 2 rings (SSSR count). The van der Waals surface area contributed by atoms with Gasteiger partial charge in [0.1, 0.15) is 13.2 Å². The Morgan fingerprint density at radius 3 is 2.45 bits per heavy atom. The molecule has 1 N–H and O–H groups in total. The highest BCUT2D eigenvalue weighted by atomic mass is 32.2. The summed E-state index contributed by atoms with van der Waals surface area (Å²) in [5.74, 6) is 1.72. The molecule has 0 saturated carbocycles. The molecule has 1 aliphatic heterocycles. The molecule has 0 spiro atoms. The van der Waals surface area contributed by atoms with Crippen LogP contribution in [-0.4, -0.2) is 27.7 Å². The highest BCUT2D eigenvalue weighted by Crippen LogP contribution is 2.32. The number of hydrogen-bond donors (Lipinski definition) is 1. The van der Waals surface area contributed by atoms with E-state index in [-0.39, 0.29) is 10.9 Å². The number of fused-ring (bicyclic) bond motifs is 1. The molecule has 22 heavy (non-hydrogen) atoms. The van der Waals surface area contributed by atoms with Crippen molar-refractivity contribution in [3.05, 3.63) is 18.2 Å². The second-order valence-electron chi connectivity index (χ2n) is 6.15. The van der Waals surface area contributed by atoms with Gasteiger partial charge in [-0.05, 0) is 31.4 Å². The van der Waals surface area contributed by atoms with Gasteiger partial charge in [0.05, 0.1) is 4.90 Å². The first-order valence-corrected chi connectivity index (χ1v) is 9.29. The Bertz CT molecular complexity index is 598. The molecule has 0 fully saturated rings. The number of ether oxygens (including phenoxy) is 2. The summed E-state index contributed by atoms with van der Waals surface area (Å²) < 4.78 is 38.4. The maximum atomic E-state index is 12.4. The lowest BCUT2D eigenvalue weighted by atomic mass is 10.0. The molecule has 6 heteroatoms. The Morgan fingerprint density at radius 2 is 1.77 bits per heavy atom. The first kappa shape index (κ1) is 17.1. The molecule has 0 aliphatic carbocycles. The van der Waals surface area contributed by atoms with Crippen LogP contribution in [0.15, 0.2) is 23.1 Å². The molecule has 1 aromatic carbocycles. The minimum absolute atomic E-state index is 0.0862. The molecular formula is C16H25NO4S. The Balaban J connectivity index is 2.00. The van der Waals surface area contributed by atoms with E-state index in [1.165, 1.54) is 6.07 Å². The van der Waals surface area contributed by atoms with Gasteiger partial charge < -0.3 is 9.47 Å². The van der Waals surface area contributed by atoms with E-state index in [1.807, 2.05) is 6.92 Å². The summed E-state index contributed by atoms with van der Waals surface area (Å²) in [4.78, 5) is 0.215. The smallest absolute Gasteiger partial charge is 0.240 e. The lowest BCUT2D eigenvalue weighted by Gasteiger charge is -2.20. The fraction of sp³-hybridized carbons (Fsp3) is 0.625. The summed E-state index contributed by atoms with van der Waals surface area (Å²) in [6, 6.07) is 4.64. The molecule has 0 saturated heterocycles. The van der Waals surface area contributed by atoms with Crippen LogP contribution in [0.2, 0.25) is 0 Å². The monoisotopic (exact) mass is 327 g/mol. The summed E-state index contributed by atoms with van der Waals surface area (Å²) in [6.07, 6.45) is 2.96. The number of benzene rings is 1. The van der Waals surface area contributed by atoms with Gasteiger partial charge in [-0.3, -0.25) is 0 Å².